The highest BCUT2D eigenvalue weighted by molar-refractivity contribution is 6.30. The van der Waals surface area contributed by atoms with Crippen molar-refractivity contribution in [2.45, 2.75) is 12.1 Å². The third-order valence-electron chi connectivity index (χ3n) is 5.19. The Morgan fingerprint density at radius 3 is 2.41 bits per heavy atom. The molecule has 0 bridgehead atoms. The minimum absolute atomic E-state index is 0.0602. The second-order valence-corrected chi connectivity index (χ2v) is 8.13. The van der Waals surface area contributed by atoms with Gasteiger partial charge in [0.15, 0.2) is 5.78 Å². The molecule has 0 aliphatic rings. The average molecular weight is 478 g/mol. The van der Waals surface area contributed by atoms with Gasteiger partial charge in [-0.2, -0.15) is 5.10 Å². The van der Waals surface area contributed by atoms with E-state index in [1.54, 1.807) is 42.5 Å². The lowest BCUT2D eigenvalue weighted by Crippen LogP contribution is -2.38. The minimum Gasteiger partial charge on any atom is -0.490 e. The SMILES string of the molecule is O=C(C=Cc1ccc(Cl)cc1)c1ccc(OCC(O)(Cn2cncn2)c2ccc(F)cc2)cc1. The van der Waals surface area contributed by atoms with Gasteiger partial charge in [-0.1, -0.05) is 41.9 Å². The number of hydrogen-bond donors (Lipinski definition) is 1. The Labute approximate surface area is 200 Å². The van der Waals surface area contributed by atoms with Crippen molar-refractivity contribution in [3.05, 3.63) is 119 Å². The Morgan fingerprint density at radius 1 is 1.06 bits per heavy atom. The Morgan fingerprint density at radius 2 is 1.76 bits per heavy atom. The number of aromatic nitrogens is 3. The first-order chi connectivity index (χ1) is 16.4. The molecule has 0 aliphatic carbocycles. The molecule has 0 radical (unpaired) electrons. The highest BCUT2D eigenvalue weighted by Gasteiger charge is 2.32. The number of benzene rings is 3. The van der Waals surface area contributed by atoms with Gasteiger partial charge in [-0.05, 0) is 65.7 Å². The molecular formula is C26H21ClFN3O3. The van der Waals surface area contributed by atoms with E-state index in [-0.39, 0.29) is 18.9 Å². The quantitative estimate of drug-likeness (QED) is 0.273. The fraction of sp³-hybridized carbons (Fsp3) is 0.115. The smallest absolute Gasteiger partial charge is 0.185 e. The van der Waals surface area contributed by atoms with Crippen LogP contribution in [-0.2, 0) is 12.1 Å². The van der Waals surface area contributed by atoms with Gasteiger partial charge in [-0.25, -0.2) is 14.1 Å². The number of halogens is 2. The molecule has 1 heterocycles. The highest BCUT2D eigenvalue weighted by Crippen LogP contribution is 2.26. The molecule has 0 fully saturated rings. The summed E-state index contributed by atoms with van der Waals surface area (Å²) in [5.41, 5.74) is 0.347. The number of ether oxygens (including phenoxy) is 1. The van der Waals surface area contributed by atoms with Crippen LogP contribution in [0.2, 0.25) is 5.02 Å². The lowest BCUT2D eigenvalue weighted by Gasteiger charge is -2.28. The van der Waals surface area contributed by atoms with E-state index in [1.165, 1.54) is 47.7 Å². The first kappa shape index (κ1) is 23.4. The molecule has 6 nitrogen and oxygen atoms in total. The second-order valence-electron chi connectivity index (χ2n) is 7.69. The number of allylic oxidation sites excluding steroid dienone is 1. The van der Waals surface area contributed by atoms with Crippen LogP contribution in [0.5, 0.6) is 5.75 Å². The van der Waals surface area contributed by atoms with Gasteiger partial charge in [0.25, 0.3) is 0 Å². The molecule has 4 aromatic rings. The maximum absolute atomic E-state index is 13.4. The first-order valence-corrected chi connectivity index (χ1v) is 10.8. The van der Waals surface area contributed by atoms with Crippen LogP contribution >= 0.6 is 11.6 Å². The first-order valence-electron chi connectivity index (χ1n) is 10.4. The molecule has 0 saturated heterocycles. The standard InChI is InChI=1S/C26H21ClFN3O3/c27-22-8-1-19(2-9-22)3-14-25(32)20-4-12-24(13-5-20)34-16-26(33,15-31-18-29-17-30-31)21-6-10-23(28)11-7-21/h1-14,17-18,33H,15-16H2. The molecule has 34 heavy (non-hydrogen) atoms. The van der Waals surface area contributed by atoms with Gasteiger partial charge in [0.2, 0.25) is 0 Å². The van der Waals surface area contributed by atoms with Crippen molar-refractivity contribution in [1.82, 2.24) is 14.8 Å². The summed E-state index contributed by atoms with van der Waals surface area (Å²) in [7, 11) is 0. The molecule has 1 aromatic heterocycles. The number of ketones is 1. The largest absolute Gasteiger partial charge is 0.490 e. The van der Waals surface area contributed by atoms with Gasteiger partial charge < -0.3 is 9.84 Å². The van der Waals surface area contributed by atoms with Crippen LogP contribution in [0.25, 0.3) is 6.08 Å². The van der Waals surface area contributed by atoms with E-state index >= 15 is 0 Å². The third kappa shape index (κ3) is 5.95. The number of nitrogens with zero attached hydrogens (tertiary/aromatic N) is 3. The van der Waals surface area contributed by atoms with E-state index in [4.69, 9.17) is 16.3 Å². The summed E-state index contributed by atoms with van der Waals surface area (Å²) in [6.45, 7) is -0.0625. The Kier molecular flexibility index (Phi) is 7.15. The van der Waals surface area contributed by atoms with Gasteiger partial charge >= 0.3 is 0 Å². The van der Waals surface area contributed by atoms with Crippen LogP contribution in [0.4, 0.5) is 4.39 Å². The summed E-state index contributed by atoms with van der Waals surface area (Å²) in [6, 6.07) is 19.3. The number of carbonyl (C=O) groups excluding carboxylic acids is 1. The van der Waals surface area contributed by atoms with Gasteiger partial charge in [-0.15, -0.1) is 0 Å². The lowest BCUT2D eigenvalue weighted by molar-refractivity contribution is -0.0270. The predicted molar refractivity (Wildman–Crippen MR) is 127 cm³/mol. The molecule has 172 valence electrons. The second kappa shape index (κ2) is 10.4. The molecule has 1 atom stereocenters. The molecule has 0 saturated carbocycles. The Hall–Kier alpha value is -3.81. The maximum Gasteiger partial charge on any atom is 0.185 e. The molecule has 0 spiro atoms. The molecule has 4 rings (SSSR count). The van der Waals surface area contributed by atoms with Crippen molar-refractivity contribution in [2.24, 2.45) is 0 Å². The number of hydrogen-bond acceptors (Lipinski definition) is 5. The van der Waals surface area contributed by atoms with E-state index < -0.39 is 11.4 Å². The summed E-state index contributed by atoms with van der Waals surface area (Å²) >= 11 is 5.87. The maximum atomic E-state index is 13.4. The molecule has 8 heteroatoms. The molecule has 0 amide bonds. The minimum atomic E-state index is -1.49. The lowest BCUT2D eigenvalue weighted by atomic mass is 9.94. The molecular weight excluding hydrogens is 457 g/mol. The molecule has 1 unspecified atom stereocenters. The fourth-order valence-corrected chi connectivity index (χ4v) is 3.45. The van der Waals surface area contributed by atoms with Crippen molar-refractivity contribution >= 4 is 23.5 Å². The summed E-state index contributed by atoms with van der Waals surface area (Å²) in [4.78, 5) is 16.4. The van der Waals surface area contributed by atoms with Gasteiger partial charge in [-0.3, -0.25) is 4.79 Å². The van der Waals surface area contributed by atoms with E-state index in [0.717, 1.165) is 5.56 Å². The predicted octanol–water partition coefficient (Wildman–Crippen LogP) is 4.93. The topological polar surface area (TPSA) is 77.2 Å². The van der Waals surface area contributed by atoms with Crippen molar-refractivity contribution in [1.29, 1.82) is 0 Å². The van der Waals surface area contributed by atoms with E-state index in [0.29, 0.717) is 21.9 Å². The van der Waals surface area contributed by atoms with Crippen molar-refractivity contribution < 1.29 is 19.0 Å². The fourth-order valence-electron chi connectivity index (χ4n) is 3.32. The van der Waals surface area contributed by atoms with Crippen LogP contribution in [0.15, 0.2) is 91.5 Å². The van der Waals surface area contributed by atoms with Crippen molar-refractivity contribution in [2.75, 3.05) is 6.61 Å². The van der Waals surface area contributed by atoms with Crippen LogP contribution < -0.4 is 4.74 Å². The van der Waals surface area contributed by atoms with E-state index in [1.807, 2.05) is 12.1 Å². The third-order valence-corrected chi connectivity index (χ3v) is 5.44. The zero-order valence-corrected chi connectivity index (χ0v) is 18.8. The number of rotatable bonds is 9. The van der Waals surface area contributed by atoms with E-state index in [9.17, 15) is 14.3 Å². The molecule has 1 N–H and O–H groups in total. The zero-order valence-electron chi connectivity index (χ0n) is 18.0. The summed E-state index contributed by atoms with van der Waals surface area (Å²) in [5.74, 6) is -0.0917. The highest BCUT2D eigenvalue weighted by atomic mass is 35.5. The molecule has 0 aliphatic heterocycles. The normalized spacial score (nSPS) is 13.0. The monoisotopic (exact) mass is 477 g/mol. The van der Waals surface area contributed by atoms with Gasteiger partial charge in [0, 0.05) is 10.6 Å². The van der Waals surface area contributed by atoms with Crippen LogP contribution in [0.3, 0.4) is 0 Å². The summed E-state index contributed by atoms with van der Waals surface area (Å²) in [5, 5.41) is 16.0. The van der Waals surface area contributed by atoms with Crippen LogP contribution in [0, 0.1) is 5.82 Å². The Balaban J connectivity index is 1.44. The number of aliphatic hydroxyl groups is 1. The van der Waals surface area contributed by atoms with Crippen molar-refractivity contribution in [3.63, 3.8) is 0 Å². The Bertz CT molecular complexity index is 1260. The zero-order chi connectivity index (χ0) is 24.0. The van der Waals surface area contributed by atoms with Crippen molar-refractivity contribution in [3.8, 4) is 5.75 Å². The van der Waals surface area contributed by atoms with Crippen LogP contribution in [0.1, 0.15) is 21.5 Å². The van der Waals surface area contributed by atoms with Crippen LogP contribution in [-0.4, -0.2) is 32.3 Å². The molecule has 3 aromatic carbocycles. The summed E-state index contributed by atoms with van der Waals surface area (Å²) < 4.78 is 20.7. The summed E-state index contributed by atoms with van der Waals surface area (Å²) in [6.07, 6.45) is 6.05. The average Bonchev–Trinajstić information content (AvgIpc) is 3.36. The number of carbonyl (C=O) groups is 1. The van der Waals surface area contributed by atoms with Gasteiger partial charge in [0.05, 0.1) is 6.54 Å². The van der Waals surface area contributed by atoms with E-state index in [2.05, 4.69) is 10.1 Å². The van der Waals surface area contributed by atoms with Gasteiger partial charge in [0.1, 0.15) is 36.4 Å².